The van der Waals surface area contributed by atoms with Gasteiger partial charge >= 0.3 is 0 Å². The zero-order chi connectivity index (χ0) is 28.2. The fraction of sp³-hybridized carbons (Fsp3) is 0.419. The van der Waals surface area contributed by atoms with E-state index in [4.69, 9.17) is 11.6 Å². The highest BCUT2D eigenvalue weighted by atomic mass is 35.5. The van der Waals surface area contributed by atoms with Crippen molar-refractivity contribution in [2.75, 3.05) is 6.54 Å². The standard InChI is InChI=1S/C31H36ClN3O4/c1-31(2,3)33-28(37)26(19-21-9-5-4-6-10-21)35(20-22-13-15-23(32)16-14-22)27(36)17-18-34-29(38)24-11-7-8-12-25(24)30(34)39/h4-10,13-16,24-26H,11-12,17-20H2,1-3H3,(H,33,37)/t24-,25+,26?. The molecule has 4 amide bonds. The molecule has 1 aliphatic heterocycles. The summed E-state index contributed by atoms with van der Waals surface area (Å²) < 4.78 is 0. The maximum atomic E-state index is 13.9. The summed E-state index contributed by atoms with van der Waals surface area (Å²) in [6.45, 7) is 5.87. The largest absolute Gasteiger partial charge is 0.350 e. The molecule has 3 atom stereocenters. The third kappa shape index (κ3) is 7.15. The van der Waals surface area contributed by atoms with Crippen LogP contribution in [0.1, 0.15) is 51.2 Å². The number of carbonyl (C=O) groups is 4. The number of rotatable bonds is 9. The van der Waals surface area contributed by atoms with Gasteiger partial charge < -0.3 is 10.2 Å². The van der Waals surface area contributed by atoms with E-state index in [2.05, 4.69) is 5.32 Å². The van der Waals surface area contributed by atoms with Gasteiger partial charge in [0.2, 0.25) is 23.6 Å². The molecule has 206 valence electrons. The number of carbonyl (C=O) groups excluding carboxylic acids is 4. The molecule has 2 aromatic rings. The van der Waals surface area contributed by atoms with Crippen molar-refractivity contribution >= 4 is 35.2 Å². The van der Waals surface area contributed by atoms with Crippen LogP contribution in [0.2, 0.25) is 5.02 Å². The average molecular weight is 550 g/mol. The van der Waals surface area contributed by atoms with E-state index in [1.54, 1.807) is 17.0 Å². The number of imide groups is 1. The fourth-order valence-electron chi connectivity index (χ4n) is 5.23. The second-order valence-electron chi connectivity index (χ2n) is 11.3. The number of nitrogens with zero attached hydrogens (tertiary/aromatic N) is 2. The van der Waals surface area contributed by atoms with Crippen LogP contribution in [-0.4, -0.2) is 51.6 Å². The topological polar surface area (TPSA) is 86.8 Å². The highest BCUT2D eigenvalue weighted by Crippen LogP contribution is 2.35. The lowest BCUT2D eigenvalue weighted by Crippen LogP contribution is -2.54. The van der Waals surface area contributed by atoms with Gasteiger partial charge in [-0.2, -0.15) is 0 Å². The molecular weight excluding hydrogens is 514 g/mol. The number of allylic oxidation sites excluding steroid dienone is 2. The number of amides is 4. The normalized spacial score (nSPS) is 19.5. The maximum absolute atomic E-state index is 13.9. The smallest absolute Gasteiger partial charge is 0.243 e. The molecule has 2 aliphatic rings. The summed E-state index contributed by atoms with van der Waals surface area (Å²) in [6, 6.07) is 15.9. The Bertz CT molecular complexity index is 1210. The maximum Gasteiger partial charge on any atom is 0.243 e. The Morgan fingerprint density at radius 3 is 2.10 bits per heavy atom. The van der Waals surface area contributed by atoms with E-state index in [1.807, 2.05) is 75.4 Å². The summed E-state index contributed by atoms with van der Waals surface area (Å²) in [5, 5.41) is 3.61. The van der Waals surface area contributed by atoms with Gasteiger partial charge in [0.25, 0.3) is 0 Å². The van der Waals surface area contributed by atoms with Crippen molar-refractivity contribution in [3.8, 4) is 0 Å². The number of fused-ring (bicyclic) bond motifs is 1. The Hall–Kier alpha value is -3.45. The zero-order valence-electron chi connectivity index (χ0n) is 22.7. The van der Waals surface area contributed by atoms with Crippen molar-refractivity contribution in [2.45, 2.75) is 64.6 Å². The molecule has 7 nitrogen and oxygen atoms in total. The second kappa shape index (κ2) is 12.2. The predicted molar refractivity (Wildman–Crippen MR) is 151 cm³/mol. The van der Waals surface area contributed by atoms with Crippen LogP contribution in [0.3, 0.4) is 0 Å². The molecule has 8 heteroatoms. The first-order valence-corrected chi connectivity index (χ1v) is 13.8. The lowest BCUT2D eigenvalue weighted by Gasteiger charge is -2.34. The lowest BCUT2D eigenvalue weighted by atomic mass is 9.85. The Morgan fingerprint density at radius 2 is 1.54 bits per heavy atom. The number of likely N-dealkylation sites (tertiary alicyclic amines) is 1. The minimum absolute atomic E-state index is 0.000432. The van der Waals surface area contributed by atoms with E-state index >= 15 is 0 Å². The van der Waals surface area contributed by atoms with Gasteiger partial charge in [0.1, 0.15) is 6.04 Å². The highest BCUT2D eigenvalue weighted by Gasteiger charge is 2.47. The fourth-order valence-corrected chi connectivity index (χ4v) is 5.36. The average Bonchev–Trinajstić information content (AvgIpc) is 3.14. The first-order valence-electron chi connectivity index (χ1n) is 13.4. The molecule has 0 bridgehead atoms. The zero-order valence-corrected chi connectivity index (χ0v) is 23.5. The number of halogens is 1. The van der Waals surface area contributed by atoms with Crippen LogP contribution in [0.5, 0.6) is 0 Å². The van der Waals surface area contributed by atoms with Crippen molar-refractivity contribution in [1.29, 1.82) is 0 Å². The molecule has 0 radical (unpaired) electrons. The SMILES string of the molecule is CC(C)(C)NC(=O)C(Cc1ccccc1)N(Cc1ccc(Cl)cc1)C(=O)CCN1C(=O)[C@H]2CC=CC[C@H]2C1=O. The number of hydrogen-bond acceptors (Lipinski definition) is 4. The molecule has 4 rings (SSSR count). The van der Waals surface area contributed by atoms with Gasteiger partial charge in [0.05, 0.1) is 11.8 Å². The summed E-state index contributed by atoms with van der Waals surface area (Å²) in [4.78, 5) is 56.2. The van der Waals surface area contributed by atoms with Crippen LogP contribution in [-0.2, 0) is 32.1 Å². The van der Waals surface area contributed by atoms with E-state index in [0.717, 1.165) is 11.1 Å². The lowest BCUT2D eigenvalue weighted by molar-refractivity contribution is -0.144. The third-order valence-corrected chi connectivity index (χ3v) is 7.44. The Morgan fingerprint density at radius 1 is 0.949 bits per heavy atom. The molecule has 1 unspecified atom stereocenters. The van der Waals surface area contributed by atoms with Gasteiger partial charge in [0.15, 0.2) is 0 Å². The minimum Gasteiger partial charge on any atom is -0.350 e. The molecule has 39 heavy (non-hydrogen) atoms. The number of benzene rings is 2. The second-order valence-corrected chi connectivity index (χ2v) is 11.8. The Labute approximate surface area is 235 Å². The summed E-state index contributed by atoms with van der Waals surface area (Å²) in [5.41, 5.74) is 1.24. The van der Waals surface area contributed by atoms with E-state index in [1.165, 1.54) is 4.90 Å². The quantitative estimate of drug-likeness (QED) is 0.367. The molecule has 0 saturated carbocycles. The predicted octanol–water partition coefficient (Wildman–Crippen LogP) is 4.54. The first kappa shape index (κ1) is 28.6. The summed E-state index contributed by atoms with van der Waals surface area (Å²) in [7, 11) is 0. The summed E-state index contributed by atoms with van der Waals surface area (Å²) in [6.07, 6.45) is 5.24. The molecule has 0 aromatic heterocycles. The molecule has 2 aromatic carbocycles. The minimum atomic E-state index is -0.799. The van der Waals surface area contributed by atoms with Gasteiger partial charge in [0, 0.05) is 36.5 Å². The Balaban J connectivity index is 1.60. The number of nitrogens with one attached hydrogen (secondary N) is 1. The van der Waals surface area contributed by atoms with E-state index in [0.29, 0.717) is 24.3 Å². The Kier molecular flexibility index (Phi) is 8.90. The van der Waals surface area contributed by atoms with Crippen LogP contribution < -0.4 is 5.32 Å². The molecular formula is C31H36ClN3O4. The van der Waals surface area contributed by atoms with Crippen molar-refractivity contribution < 1.29 is 19.2 Å². The van der Waals surface area contributed by atoms with Crippen LogP contribution in [0.15, 0.2) is 66.7 Å². The molecule has 1 aliphatic carbocycles. The van der Waals surface area contributed by atoms with Gasteiger partial charge in [-0.15, -0.1) is 0 Å². The van der Waals surface area contributed by atoms with Crippen LogP contribution >= 0.6 is 11.6 Å². The van der Waals surface area contributed by atoms with Crippen molar-refractivity contribution in [2.24, 2.45) is 11.8 Å². The highest BCUT2D eigenvalue weighted by molar-refractivity contribution is 6.30. The van der Waals surface area contributed by atoms with E-state index < -0.39 is 11.6 Å². The molecule has 1 fully saturated rings. The van der Waals surface area contributed by atoms with Gasteiger partial charge in [-0.3, -0.25) is 24.1 Å². The number of hydrogen-bond donors (Lipinski definition) is 1. The molecule has 0 spiro atoms. The van der Waals surface area contributed by atoms with Crippen molar-refractivity contribution in [1.82, 2.24) is 15.1 Å². The summed E-state index contributed by atoms with van der Waals surface area (Å²) in [5.74, 6) is -1.67. The van der Waals surface area contributed by atoms with Gasteiger partial charge in [-0.05, 0) is 56.9 Å². The van der Waals surface area contributed by atoms with Crippen molar-refractivity contribution in [3.63, 3.8) is 0 Å². The summed E-state index contributed by atoms with van der Waals surface area (Å²) >= 11 is 6.09. The monoisotopic (exact) mass is 549 g/mol. The van der Waals surface area contributed by atoms with Gasteiger partial charge in [-0.1, -0.05) is 66.2 Å². The van der Waals surface area contributed by atoms with Gasteiger partial charge in [-0.25, -0.2) is 0 Å². The van der Waals surface area contributed by atoms with Crippen LogP contribution in [0.4, 0.5) is 0 Å². The van der Waals surface area contributed by atoms with E-state index in [-0.39, 0.29) is 55.0 Å². The third-order valence-electron chi connectivity index (χ3n) is 7.18. The molecule has 1 heterocycles. The van der Waals surface area contributed by atoms with Crippen LogP contribution in [0.25, 0.3) is 0 Å². The van der Waals surface area contributed by atoms with Crippen molar-refractivity contribution in [3.05, 3.63) is 82.9 Å². The molecule has 1 saturated heterocycles. The van der Waals surface area contributed by atoms with E-state index in [9.17, 15) is 19.2 Å². The van der Waals surface area contributed by atoms with Crippen LogP contribution in [0, 0.1) is 11.8 Å². The molecule has 1 N–H and O–H groups in total. The first-order chi connectivity index (χ1) is 18.5.